The Labute approximate surface area is 107 Å². The Kier molecular flexibility index (Phi) is 4.66. The SMILES string of the molecule is ClPC(Oc1ccccc1)Oc1ccccc1. The second-order valence-electron chi connectivity index (χ2n) is 3.30. The molecule has 0 radical (unpaired) electrons. The quantitative estimate of drug-likeness (QED) is 0.595. The van der Waals surface area contributed by atoms with Crippen molar-refractivity contribution in [3.05, 3.63) is 60.7 Å². The van der Waals surface area contributed by atoms with Gasteiger partial charge in [-0.25, -0.2) is 0 Å². The van der Waals surface area contributed by atoms with Crippen molar-refractivity contribution in [1.29, 1.82) is 0 Å². The fraction of sp³-hybridized carbons (Fsp3) is 0.0769. The molecule has 2 aromatic carbocycles. The summed E-state index contributed by atoms with van der Waals surface area (Å²) in [6.45, 7) is 0. The maximum atomic E-state index is 5.85. The number of benzene rings is 2. The molecule has 0 aliphatic carbocycles. The van der Waals surface area contributed by atoms with Crippen LogP contribution in [0.1, 0.15) is 0 Å². The minimum atomic E-state index is -0.457. The smallest absolute Gasteiger partial charge is 0.269 e. The molecule has 0 saturated heterocycles. The second-order valence-corrected chi connectivity index (χ2v) is 4.65. The third-order valence-electron chi connectivity index (χ3n) is 2.06. The molecular weight excluding hydrogens is 255 g/mol. The molecule has 0 heterocycles. The lowest BCUT2D eigenvalue weighted by atomic mass is 10.3. The van der Waals surface area contributed by atoms with Crippen LogP contribution in [-0.4, -0.2) is 6.03 Å². The summed E-state index contributed by atoms with van der Waals surface area (Å²) >= 11 is 5.85. The van der Waals surface area contributed by atoms with Crippen molar-refractivity contribution in [3.63, 3.8) is 0 Å². The molecule has 0 saturated carbocycles. The van der Waals surface area contributed by atoms with Crippen LogP contribution in [0.2, 0.25) is 0 Å². The van der Waals surface area contributed by atoms with Crippen molar-refractivity contribution in [1.82, 2.24) is 0 Å². The van der Waals surface area contributed by atoms with Crippen LogP contribution in [-0.2, 0) is 0 Å². The monoisotopic (exact) mass is 266 g/mol. The lowest BCUT2D eigenvalue weighted by molar-refractivity contribution is 0.0827. The molecule has 2 aromatic rings. The number of halogens is 1. The van der Waals surface area contributed by atoms with Crippen molar-refractivity contribution in [2.24, 2.45) is 0 Å². The Hall–Kier alpha value is -1.24. The van der Waals surface area contributed by atoms with Gasteiger partial charge in [0, 0.05) is 0 Å². The molecule has 0 amide bonds. The van der Waals surface area contributed by atoms with Gasteiger partial charge in [0.1, 0.15) is 11.5 Å². The molecule has 2 rings (SSSR count). The summed E-state index contributed by atoms with van der Waals surface area (Å²) in [6.07, 6.45) is 0. The summed E-state index contributed by atoms with van der Waals surface area (Å²) in [4.78, 5) is 0. The van der Waals surface area contributed by atoms with Crippen LogP contribution in [0.3, 0.4) is 0 Å². The molecule has 0 N–H and O–H groups in total. The van der Waals surface area contributed by atoms with E-state index in [0.29, 0.717) is 0 Å². The third kappa shape index (κ3) is 3.92. The van der Waals surface area contributed by atoms with Crippen LogP contribution in [0.5, 0.6) is 11.5 Å². The Bertz CT molecular complexity index is 394. The maximum absolute atomic E-state index is 5.85. The first kappa shape index (κ1) is 12.2. The highest BCUT2D eigenvalue weighted by molar-refractivity contribution is 7.68. The molecular formula is C13H12ClO2P. The van der Waals surface area contributed by atoms with E-state index < -0.39 is 6.03 Å². The summed E-state index contributed by atoms with van der Waals surface area (Å²) in [7, 11) is 0.0277. The first-order valence-electron chi connectivity index (χ1n) is 5.18. The molecule has 0 aliphatic rings. The number of hydrogen-bond acceptors (Lipinski definition) is 2. The van der Waals surface area contributed by atoms with Crippen LogP contribution < -0.4 is 9.47 Å². The van der Waals surface area contributed by atoms with Gasteiger partial charge in [-0.15, -0.1) is 0 Å². The molecule has 1 unspecified atom stereocenters. The van der Waals surface area contributed by atoms with Gasteiger partial charge >= 0.3 is 0 Å². The van der Waals surface area contributed by atoms with E-state index in [4.69, 9.17) is 20.7 Å². The average Bonchev–Trinajstić information content (AvgIpc) is 2.40. The average molecular weight is 267 g/mol. The first-order chi connectivity index (χ1) is 8.38. The van der Waals surface area contributed by atoms with E-state index in [0.717, 1.165) is 11.5 Å². The molecule has 0 bridgehead atoms. The Morgan fingerprint density at radius 2 is 1.18 bits per heavy atom. The fourth-order valence-electron chi connectivity index (χ4n) is 1.31. The van der Waals surface area contributed by atoms with Gasteiger partial charge < -0.3 is 9.47 Å². The van der Waals surface area contributed by atoms with Gasteiger partial charge in [-0.1, -0.05) is 47.6 Å². The van der Waals surface area contributed by atoms with Gasteiger partial charge in [0.25, 0.3) is 6.03 Å². The van der Waals surface area contributed by atoms with Gasteiger partial charge in [0.15, 0.2) is 0 Å². The fourth-order valence-corrected chi connectivity index (χ4v) is 1.94. The van der Waals surface area contributed by atoms with Crippen molar-refractivity contribution in [2.75, 3.05) is 0 Å². The van der Waals surface area contributed by atoms with E-state index in [1.165, 1.54) is 0 Å². The molecule has 4 heteroatoms. The molecule has 2 nitrogen and oxygen atoms in total. The van der Waals surface area contributed by atoms with Crippen molar-refractivity contribution < 1.29 is 9.47 Å². The summed E-state index contributed by atoms with van der Waals surface area (Å²) in [5, 5.41) is 0. The number of ether oxygens (including phenoxy) is 2. The Morgan fingerprint density at radius 3 is 1.53 bits per heavy atom. The predicted octanol–water partition coefficient (Wildman–Crippen LogP) is 4.26. The third-order valence-corrected chi connectivity index (χ3v) is 3.01. The number of rotatable bonds is 5. The van der Waals surface area contributed by atoms with Crippen LogP contribution in [0.4, 0.5) is 0 Å². The molecule has 88 valence electrons. The first-order valence-corrected chi connectivity index (χ1v) is 7.27. The van der Waals surface area contributed by atoms with E-state index in [-0.39, 0.29) is 7.93 Å². The van der Waals surface area contributed by atoms with Gasteiger partial charge in [0.2, 0.25) is 0 Å². The van der Waals surface area contributed by atoms with Crippen LogP contribution in [0.25, 0.3) is 0 Å². The predicted molar refractivity (Wildman–Crippen MR) is 72.1 cm³/mol. The summed E-state index contributed by atoms with van der Waals surface area (Å²) in [5.41, 5.74) is 0. The van der Waals surface area contributed by atoms with E-state index in [9.17, 15) is 0 Å². The highest BCUT2D eigenvalue weighted by Gasteiger charge is 2.10. The van der Waals surface area contributed by atoms with Crippen LogP contribution in [0.15, 0.2) is 60.7 Å². The maximum Gasteiger partial charge on any atom is 0.269 e. The van der Waals surface area contributed by atoms with Gasteiger partial charge in [-0.3, -0.25) is 0 Å². The molecule has 0 aliphatic heterocycles. The zero-order valence-corrected chi connectivity index (χ0v) is 10.8. The van der Waals surface area contributed by atoms with E-state index >= 15 is 0 Å². The summed E-state index contributed by atoms with van der Waals surface area (Å²) in [5.74, 6) is 1.50. The molecule has 0 fully saturated rings. The topological polar surface area (TPSA) is 18.5 Å². The minimum absolute atomic E-state index is 0.0277. The van der Waals surface area contributed by atoms with Crippen molar-refractivity contribution >= 4 is 19.2 Å². The van der Waals surface area contributed by atoms with E-state index in [1.807, 2.05) is 60.7 Å². The van der Waals surface area contributed by atoms with Crippen LogP contribution >= 0.6 is 19.2 Å². The highest BCUT2D eigenvalue weighted by atomic mass is 35.7. The minimum Gasteiger partial charge on any atom is -0.450 e. The van der Waals surface area contributed by atoms with Crippen LogP contribution in [0, 0.1) is 0 Å². The molecule has 0 spiro atoms. The molecule has 17 heavy (non-hydrogen) atoms. The Morgan fingerprint density at radius 1 is 0.765 bits per heavy atom. The standard InChI is InChI=1S/C13H12ClO2P/c14-17-13(15-11-7-3-1-4-8-11)16-12-9-5-2-6-10-12/h1-10,13,17H. The number of hydrogen-bond donors (Lipinski definition) is 0. The van der Waals surface area contributed by atoms with E-state index in [1.54, 1.807) is 0 Å². The lowest BCUT2D eigenvalue weighted by Crippen LogP contribution is -2.17. The lowest BCUT2D eigenvalue weighted by Gasteiger charge is -2.17. The van der Waals surface area contributed by atoms with Gasteiger partial charge in [-0.2, -0.15) is 0 Å². The molecule has 0 aromatic heterocycles. The van der Waals surface area contributed by atoms with Crippen molar-refractivity contribution in [3.8, 4) is 11.5 Å². The highest BCUT2D eigenvalue weighted by Crippen LogP contribution is 2.29. The normalized spacial score (nSPS) is 10.9. The zero-order chi connectivity index (χ0) is 11.9. The Balaban J connectivity index is 1.98. The van der Waals surface area contributed by atoms with Gasteiger partial charge in [0.05, 0.1) is 7.93 Å². The summed E-state index contributed by atoms with van der Waals surface area (Å²) < 4.78 is 11.3. The van der Waals surface area contributed by atoms with Gasteiger partial charge in [-0.05, 0) is 24.3 Å². The summed E-state index contributed by atoms with van der Waals surface area (Å²) in [6, 6.07) is 18.5. The van der Waals surface area contributed by atoms with Crippen molar-refractivity contribution in [2.45, 2.75) is 6.03 Å². The largest absolute Gasteiger partial charge is 0.450 e. The molecule has 1 atom stereocenters. The second kappa shape index (κ2) is 6.48. The number of para-hydroxylation sites is 2. The van der Waals surface area contributed by atoms with E-state index in [2.05, 4.69) is 0 Å². The zero-order valence-electron chi connectivity index (χ0n) is 9.05.